The molecule has 3 aromatic rings. The number of carbonyl (C=O) groups excluding carboxylic acids is 1. The van der Waals surface area contributed by atoms with E-state index in [4.69, 9.17) is 11.6 Å². The average molecular weight is 440 g/mol. The third-order valence-corrected chi connectivity index (χ3v) is 4.18. The summed E-state index contributed by atoms with van der Waals surface area (Å²) < 4.78 is 3.47. The number of benzene rings is 1. The summed E-state index contributed by atoms with van der Waals surface area (Å²) >= 11 is 9.21. The molecule has 2 aromatic heterocycles. The van der Waals surface area contributed by atoms with Crippen LogP contribution in [-0.2, 0) is 17.9 Å². The maximum absolute atomic E-state index is 12.1. The lowest BCUT2D eigenvalue weighted by molar-refractivity contribution is -0.389. The summed E-state index contributed by atoms with van der Waals surface area (Å²) in [4.78, 5) is 22.1. The number of halogens is 2. The largest absolute Gasteiger partial charge is 0.389 e. The minimum absolute atomic E-state index is 0.162. The Balaban J connectivity index is 1.63. The van der Waals surface area contributed by atoms with E-state index in [2.05, 4.69) is 31.4 Å². The predicted molar refractivity (Wildman–Crippen MR) is 98.0 cm³/mol. The molecular formula is C15H12BrClN6O3. The SMILES string of the molecule is O=C(Cn1ccc([N+](=O)[O-])n1)Nc1nn(Cc2ccc(Cl)cc2)cc1Br. The summed E-state index contributed by atoms with van der Waals surface area (Å²) in [6.45, 7) is 0.349. The molecule has 0 saturated heterocycles. The van der Waals surface area contributed by atoms with Crippen molar-refractivity contribution in [2.75, 3.05) is 5.32 Å². The van der Waals surface area contributed by atoms with Gasteiger partial charge in [0, 0.05) is 11.2 Å². The van der Waals surface area contributed by atoms with Crippen LogP contribution in [0.3, 0.4) is 0 Å². The zero-order chi connectivity index (χ0) is 18.7. The Morgan fingerprint density at radius 1 is 1.23 bits per heavy atom. The van der Waals surface area contributed by atoms with Crippen molar-refractivity contribution in [1.29, 1.82) is 0 Å². The molecule has 0 aliphatic rings. The van der Waals surface area contributed by atoms with Crippen molar-refractivity contribution in [2.45, 2.75) is 13.1 Å². The van der Waals surface area contributed by atoms with E-state index in [0.717, 1.165) is 5.56 Å². The number of nitrogens with zero attached hydrogens (tertiary/aromatic N) is 5. The van der Waals surface area contributed by atoms with Gasteiger partial charge in [-0.15, -0.1) is 0 Å². The van der Waals surface area contributed by atoms with Gasteiger partial charge in [0.2, 0.25) is 5.91 Å². The van der Waals surface area contributed by atoms with E-state index in [1.54, 1.807) is 23.0 Å². The van der Waals surface area contributed by atoms with Gasteiger partial charge in [-0.1, -0.05) is 23.7 Å². The van der Waals surface area contributed by atoms with Crippen LogP contribution in [0.25, 0.3) is 0 Å². The highest BCUT2D eigenvalue weighted by atomic mass is 79.9. The van der Waals surface area contributed by atoms with Gasteiger partial charge in [0.1, 0.15) is 6.54 Å². The van der Waals surface area contributed by atoms with Crippen LogP contribution >= 0.6 is 27.5 Å². The lowest BCUT2D eigenvalue weighted by Crippen LogP contribution is -2.19. The molecule has 1 N–H and O–H groups in total. The quantitative estimate of drug-likeness (QED) is 0.469. The summed E-state index contributed by atoms with van der Waals surface area (Å²) in [6.07, 6.45) is 3.11. The molecule has 0 bridgehead atoms. The van der Waals surface area contributed by atoms with E-state index in [0.29, 0.717) is 21.9 Å². The van der Waals surface area contributed by atoms with Crippen molar-refractivity contribution in [2.24, 2.45) is 0 Å². The van der Waals surface area contributed by atoms with Crippen LogP contribution in [0.4, 0.5) is 11.6 Å². The fraction of sp³-hybridized carbons (Fsp3) is 0.133. The monoisotopic (exact) mass is 438 g/mol. The molecule has 2 heterocycles. The van der Waals surface area contributed by atoms with Gasteiger partial charge in [0.25, 0.3) is 0 Å². The van der Waals surface area contributed by atoms with Gasteiger partial charge >= 0.3 is 5.82 Å². The van der Waals surface area contributed by atoms with Crippen molar-refractivity contribution in [1.82, 2.24) is 19.6 Å². The number of hydrogen-bond donors (Lipinski definition) is 1. The molecule has 26 heavy (non-hydrogen) atoms. The molecule has 3 rings (SSSR count). The maximum atomic E-state index is 12.1. The molecule has 1 aromatic carbocycles. The zero-order valence-electron chi connectivity index (χ0n) is 13.2. The Morgan fingerprint density at radius 3 is 2.62 bits per heavy atom. The second kappa shape index (κ2) is 7.67. The highest BCUT2D eigenvalue weighted by Gasteiger charge is 2.15. The third kappa shape index (κ3) is 4.46. The highest BCUT2D eigenvalue weighted by Crippen LogP contribution is 2.21. The van der Waals surface area contributed by atoms with Gasteiger partial charge in [0.15, 0.2) is 5.82 Å². The van der Waals surface area contributed by atoms with Crippen molar-refractivity contribution in [3.05, 3.63) is 67.9 Å². The first-order valence-corrected chi connectivity index (χ1v) is 8.53. The molecule has 9 nitrogen and oxygen atoms in total. The Morgan fingerprint density at radius 2 is 1.96 bits per heavy atom. The number of hydrogen-bond acceptors (Lipinski definition) is 5. The van der Waals surface area contributed by atoms with Gasteiger partial charge in [-0.3, -0.25) is 9.48 Å². The summed E-state index contributed by atoms with van der Waals surface area (Å²) in [5.41, 5.74) is 1.01. The molecule has 0 spiro atoms. The fourth-order valence-electron chi connectivity index (χ4n) is 2.19. The third-order valence-electron chi connectivity index (χ3n) is 3.35. The van der Waals surface area contributed by atoms with Crippen LogP contribution in [0.5, 0.6) is 0 Å². The Labute approximate surface area is 160 Å². The first-order valence-electron chi connectivity index (χ1n) is 7.36. The van der Waals surface area contributed by atoms with Crippen molar-refractivity contribution in [3.8, 4) is 0 Å². The van der Waals surface area contributed by atoms with Crippen molar-refractivity contribution in [3.63, 3.8) is 0 Å². The lowest BCUT2D eigenvalue weighted by Gasteiger charge is -2.03. The van der Waals surface area contributed by atoms with Gasteiger partial charge in [-0.05, 0) is 38.5 Å². The number of carbonyl (C=O) groups is 1. The van der Waals surface area contributed by atoms with Crippen LogP contribution < -0.4 is 5.32 Å². The number of amides is 1. The smallest absolute Gasteiger partial charge is 0.358 e. The first kappa shape index (κ1) is 18.1. The second-order valence-electron chi connectivity index (χ2n) is 5.33. The Kier molecular flexibility index (Phi) is 5.33. The normalized spacial score (nSPS) is 10.7. The van der Waals surface area contributed by atoms with Gasteiger partial charge in [-0.2, -0.15) is 9.78 Å². The van der Waals surface area contributed by atoms with Gasteiger partial charge in [-0.25, -0.2) is 0 Å². The molecule has 134 valence electrons. The number of anilines is 1. The molecule has 0 radical (unpaired) electrons. The van der Waals surface area contributed by atoms with Crippen LogP contribution in [0.1, 0.15) is 5.56 Å². The van der Waals surface area contributed by atoms with E-state index in [-0.39, 0.29) is 12.4 Å². The summed E-state index contributed by atoms with van der Waals surface area (Å²) in [5, 5.41) is 21.9. The van der Waals surface area contributed by atoms with E-state index in [1.807, 2.05) is 12.1 Å². The van der Waals surface area contributed by atoms with Gasteiger partial charge in [0.05, 0.1) is 28.4 Å². The summed E-state index contributed by atoms with van der Waals surface area (Å²) in [6, 6.07) is 8.59. The molecule has 11 heteroatoms. The van der Waals surface area contributed by atoms with Crippen LogP contribution in [-0.4, -0.2) is 30.4 Å². The first-order chi connectivity index (χ1) is 12.4. The van der Waals surface area contributed by atoms with E-state index < -0.39 is 10.8 Å². The van der Waals surface area contributed by atoms with E-state index >= 15 is 0 Å². The number of aromatic nitrogens is 4. The van der Waals surface area contributed by atoms with Crippen LogP contribution in [0.2, 0.25) is 5.02 Å². The van der Waals surface area contributed by atoms with Crippen molar-refractivity contribution >= 4 is 45.1 Å². The minimum atomic E-state index is -0.622. The molecule has 0 fully saturated rings. The summed E-state index contributed by atoms with van der Waals surface area (Å²) in [7, 11) is 0. The number of nitrogens with one attached hydrogen (secondary N) is 1. The predicted octanol–water partition coefficient (Wildman–Crippen LogP) is 3.09. The summed E-state index contributed by atoms with van der Waals surface area (Å²) in [5.74, 6) is -0.364. The van der Waals surface area contributed by atoms with E-state index in [9.17, 15) is 14.9 Å². The topological polar surface area (TPSA) is 108 Å². The standard InChI is InChI=1S/C15H12BrClN6O3/c16-12-8-22(7-10-1-3-11(17)4-2-10)20-15(12)18-14(24)9-21-6-5-13(19-21)23(25)26/h1-6,8H,7,9H2,(H,18,20,24). The number of nitro groups is 1. The van der Waals surface area contributed by atoms with Gasteiger partial charge < -0.3 is 15.4 Å². The van der Waals surface area contributed by atoms with Crippen LogP contribution in [0.15, 0.2) is 47.2 Å². The maximum Gasteiger partial charge on any atom is 0.389 e. The molecule has 1 amide bonds. The fourth-order valence-corrected chi connectivity index (χ4v) is 2.74. The molecule has 0 saturated carbocycles. The average Bonchev–Trinajstić information content (AvgIpc) is 3.17. The Hall–Kier alpha value is -2.72. The molecule has 0 aliphatic carbocycles. The van der Waals surface area contributed by atoms with Crippen LogP contribution in [0, 0.1) is 10.1 Å². The number of rotatable bonds is 6. The second-order valence-corrected chi connectivity index (χ2v) is 6.62. The zero-order valence-corrected chi connectivity index (χ0v) is 15.5. The molecule has 0 aliphatic heterocycles. The molecular weight excluding hydrogens is 428 g/mol. The molecule has 0 unspecified atom stereocenters. The van der Waals surface area contributed by atoms with Crippen molar-refractivity contribution < 1.29 is 9.72 Å². The highest BCUT2D eigenvalue weighted by molar-refractivity contribution is 9.10. The minimum Gasteiger partial charge on any atom is -0.358 e. The molecule has 0 atom stereocenters. The lowest BCUT2D eigenvalue weighted by atomic mass is 10.2. The Bertz CT molecular complexity index is 953. The van der Waals surface area contributed by atoms with E-state index in [1.165, 1.54) is 16.9 Å².